The molecule has 0 spiro atoms. The van der Waals surface area contributed by atoms with Crippen molar-refractivity contribution in [1.82, 2.24) is 14.5 Å². The van der Waals surface area contributed by atoms with Crippen LogP contribution in [0.3, 0.4) is 0 Å². The summed E-state index contributed by atoms with van der Waals surface area (Å²) in [5.74, 6) is -4.73. The highest BCUT2D eigenvalue weighted by atomic mass is 35.5. The van der Waals surface area contributed by atoms with Gasteiger partial charge in [0.2, 0.25) is 15.8 Å². The Hall–Kier alpha value is -4.61. The van der Waals surface area contributed by atoms with Crippen LogP contribution in [0.1, 0.15) is 41.0 Å². The number of rotatable bonds is 9. The number of fused-ring (bicyclic) bond motifs is 2. The van der Waals surface area contributed by atoms with E-state index in [0.29, 0.717) is 5.56 Å². The third-order valence-corrected chi connectivity index (χ3v) is 8.77. The van der Waals surface area contributed by atoms with E-state index in [9.17, 15) is 18.0 Å². The van der Waals surface area contributed by atoms with Crippen LogP contribution in [0.5, 0.6) is 0 Å². The van der Waals surface area contributed by atoms with Crippen LogP contribution in [-0.4, -0.2) is 40.4 Å². The van der Waals surface area contributed by atoms with E-state index in [-0.39, 0.29) is 39.4 Å². The molecule has 2 N–H and O–H groups in total. The standard InChI is InChI=1S/C31H25ClF2N4O4S/c1-4-12-43(41,42)37-26-9-7-24(33)27(28(26)34)29(39)22-16-38(31(40)17(3)23(32)5-2)30-21(22)14-20(15-36-30)18-6-8-25-19(13-18)10-11-35-25/h5-11,13-16,35,37H,3-4,12H2,1-2H3/b23-5+. The maximum atomic E-state index is 15.6. The molecule has 0 aliphatic carbocycles. The summed E-state index contributed by atoms with van der Waals surface area (Å²) in [7, 11) is -3.95. The van der Waals surface area contributed by atoms with Gasteiger partial charge in [-0.15, -0.1) is 0 Å². The molecule has 0 fully saturated rings. The number of nitrogens with one attached hydrogen (secondary N) is 2. The summed E-state index contributed by atoms with van der Waals surface area (Å²) in [5.41, 5.74) is 0.349. The van der Waals surface area contributed by atoms with E-state index in [1.54, 1.807) is 26.1 Å². The number of sulfonamides is 1. The van der Waals surface area contributed by atoms with Gasteiger partial charge in [0, 0.05) is 40.1 Å². The summed E-state index contributed by atoms with van der Waals surface area (Å²) in [6.45, 7) is 6.97. The van der Waals surface area contributed by atoms with Gasteiger partial charge in [-0.3, -0.25) is 18.9 Å². The Kier molecular flexibility index (Phi) is 8.04. The van der Waals surface area contributed by atoms with Crippen molar-refractivity contribution in [2.24, 2.45) is 0 Å². The molecular weight excluding hydrogens is 598 g/mol. The molecule has 0 aliphatic rings. The highest BCUT2D eigenvalue weighted by molar-refractivity contribution is 7.92. The molecular formula is C31H25ClF2N4O4S. The number of hydrogen-bond donors (Lipinski definition) is 2. The van der Waals surface area contributed by atoms with Crippen LogP contribution >= 0.6 is 11.6 Å². The predicted octanol–water partition coefficient (Wildman–Crippen LogP) is 7.18. The number of benzene rings is 2. The van der Waals surface area contributed by atoms with Crippen molar-refractivity contribution in [3.8, 4) is 11.1 Å². The second-order valence-electron chi connectivity index (χ2n) is 9.74. The third-order valence-electron chi connectivity index (χ3n) is 6.85. The maximum absolute atomic E-state index is 15.6. The van der Waals surface area contributed by atoms with Crippen molar-refractivity contribution < 1.29 is 26.8 Å². The Labute approximate surface area is 250 Å². The Balaban J connectivity index is 1.70. The summed E-state index contributed by atoms with van der Waals surface area (Å²) in [6.07, 6.45) is 6.16. The van der Waals surface area contributed by atoms with E-state index in [1.807, 2.05) is 24.3 Å². The van der Waals surface area contributed by atoms with E-state index in [4.69, 9.17) is 11.6 Å². The number of carbonyl (C=O) groups is 2. The van der Waals surface area contributed by atoms with Crippen molar-refractivity contribution in [2.75, 3.05) is 10.5 Å². The number of anilines is 1. The van der Waals surface area contributed by atoms with E-state index in [0.717, 1.165) is 39.4 Å². The van der Waals surface area contributed by atoms with Gasteiger partial charge in [0.25, 0.3) is 5.91 Å². The number of pyridine rings is 1. The van der Waals surface area contributed by atoms with Gasteiger partial charge in [-0.25, -0.2) is 22.2 Å². The third kappa shape index (κ3) is 5.61. The number of allylic oxidation sites excluding steroid dienone is 3. The molecule has 220 valence electrons. The average molecular weight is 623 g/mol. The lowest BCUT2D eigenvalue weighted by Gasteiger charge is -2.11. The topological polar surface area (TPSA) is 114 Å². The van der Waals surface area contributed by atoms with Crippen molar-refractivity contribution >= 4 is 60.9 Å². The number of nitrogens with zero attached hydrogens (tertiary/aromatic N) is 2. The van der Waals surface area contributed by atoms with Crippen molar-refractivity contribution in [1.29, 1.82) is 0 Å². The summed E-state index contributed by atoms with van der Waals surface area (Å²) in [6, 6.07) is 10.8. The van der Waals surface area contributed by atoms with Crippen LogP contribution in [0, 0.1) is 11.6 Å². The summed E-state index contributed by atoms with van der Waals surface area (Å²) in [4.78, 5) is 34.8. The highest BCUT2D eigenvalue weighted by Gasteiger charge is 2.28. The second-order valence-corrected chi connectivity index (χ2v) is 12.0. The van der Waals surface area contributed by atoms with Gasteiger partial charge in [-0.05, 0) is 60.7 Å². The van der Waals surface area contributed by atoms with E-state index >= 15 is 8.78 Å². The molecule has 3 aromatic heterocycles. The number of H-pyrrole nitrogens is 1. The SMILES string of the molecule is C=C(C(=O)n1cc(C(=O)c2c(F)ccc(NS(=O)(=O)CCC)c2F)c2cc(-c3ccc4[nH]ccc4c3)cnc21)/C(Cl)=C\C. The van der Waals surface area contributed by atoms with Gasteiger partial charge in [0.05, 0.1) is 28.1 Å². The van der Waals surface area contributed by atoms with E-state index in [1.165, 1.54) is 12.3 Å². The molecule has 0 aliphatic heterocycles. The minimum atomic E-state index is -3.95. The smallest absolute Gasteiger partial charge is 0.264 e. The maximum Gasteiger partial charge on any atom is 0.264 e. The number of ketones is 1. The van der Waals surface area contributed by atoms with E-state index < -0.39 is 44.6 Å². The monoisotopic (exact) mass is 622 g/mol. The number of aromatic nitrogens is 3. The Morgan fingerprint density at radius 1 is 1.14 bits per heavy atom. The van der Waals surface area contributed by atoms with Crippen LogP contribution in [0.4, 0.5) is 14.5 Å². The molecule has 8 nitrogen and oxygen atoms in total. The predicted molar refractivity (Wildman–Crippen MR) is 164 cm³/mol. The van der Waals surface area contributed by atoms with Crippen LogP contribution < -0.4 is 4.72 Å². The quantitative estimate of drug-likeness (QED) is 0.103. The van der Waals surface area contributed by atoms with E-state index in [2.05, 4.69) is 21.3 Å². The molecule has 0 amide bonds. The minimum absolute atomic E-state index is 0.0298. The first kappa shape index (κ1) is 29.9. The number of carbonyl (C=O) groups excluding carboxylic acids is 2. The summed E-state index contributed by atoms with van der Waals surface area (Å²) < 4.78 is 58.4. The molecule has 2 aromatic carbocycles. The van der Waals surface area contributed by atoms with Gasteiger partial charge >= 0.3 is 0 Å². The molecule has 5 aromatic rings. The molecule has 0 saturated carbocycles. The fourth-order valence-corrected chi connectivity index (χ4v) is 5.93. The normalized spacial score (nSPS) is 12.2. The Morgan fingerprint density at radius 3 is 2.63 bits per heavy atom. The lowest BCUT2D eigenvalue weighted by Crippen LogP contribution is -2.18. The average Bonchev–Trinajstić information content (AvgIpc) is 3.61. The Morgan fingerprint density at radius 2 is 1.91 bits per heavy atom. The van der Waals surface area contributed by atoms with Crippen LogP contribution in [0.15, 0.2) is 84.3 Å². The van der Waals surface area contributed by atoms with Gasteiger partial charge in [-0.2, -0.15) is 0 Å². The number of hydrogen-bond acceptors (Lipinski definition) is 5. The highest BCUT2D eigenvalue weighted by Crippen LogP contribution is 2.32. The van der Waals surface area contributed by atoms with Crippen LogP contribution in [0.25, 0.3) is 33.1 Å². The molecule has 0 bridgehead atoms. The summed E-state index contributed by atoms with van der Waals surface area (Å²) in [5, 5.41) is 1.12. The molecule has 12 heteroatoms. The van der Waals surface area contributed by atoms with Crippen LogP contribution in [0.2, 0.25) is 0 Å². The molecule has 5 rings (SSSR count). The largest absolute Gasteiger partial charge is 0.361 e. The Bertz CT molecular complexity index is 2100. The lowest BCUT2D eigenvalue weighted by molar-refractivity contribution is 0.0963. The molecule has 0 unspecified atom stereocenters. The molecule has 0 radical (unpaired) electrons. The zero-order valence-corrected chi connectivity index (χ0v) is 24.6. The molecule has 43 heavy (non-hydrogen) atoms. The zero-order chi connectivity index (χ0) is 31.1. The van der Waals surface area contributed by atoms with Gasteiger partial charge in [-0.1, -0.05) is 37.2 Å². The van der Waals surface area contributed by atoms with Crippen molar-refractivity contribution in [3.05, 3.63) is 107 Å². The molecule has 0 atom stereocenters. The number of halogens is 3. The zero-order valence-electron chi connectivity index (χ0n) is 23.0. The first-order valence-corrected chi connectivity index (χ1v) is 15.2. The van der Waals surface area contributed by atoms with Crippen molar-refractivity contribution in [2.45, 2.75) is 20.3 Å². The fourth-order valence-electron chi connectivity index (χ4n) is 4.72. The van der Waals surface area contributed by atoms with Gasteiger partial charge in [0.1, 0.15) is 11.5 Å². The molecule has 0 saturated heterocycles. The first-order valence-electron chi connectivity index (χ1n) is 13.1. The lowest BCUT2D eigenvalue weighted by atomic mass is 9.99. The number of aromatic amines is 1. The van der Waals surface area contributed by atoms with Crippen molar-refractivity contribution in [3.63, 3.8) is 0 Å². The molecule has 3 heterocycles. The van der Waals surface area contributed by atoms with Crippen LogP contribution in [-0.2, 0) is 10.0 Å². The van der Waals surface area contributed by atoms with Gasteiger partial charge in [0.15, 0.2) is 5.82 Å². The fraction of sp³-hybridized carbons (Fsp3) is 0.129. The summed E-state index contributed by atoms with van der Waals surface area (Å²) >= 11 is 6.14. The van der Waals surface area contributed by atoms with Gasteiger partial charge < -0.3 is 4.98 Å². The minimum Gasteiger partial charge on any atom is -0.361 e. The second kappa shape index (κ2) is 11.6. The first-order chi connectivity index (χ1) is 20.5.